The van der Waals surface area contributed by atoms with Gasteiger partial charge in [-0.15, -0.1) is 0 Å². The van der Waals surface area contributed by atoms with Crippen LogP contribution in [0.25, 0.3) is 0 Å². The van der Waals surface area contributed by atoms with Crippen molar-refractivity contribution in [3.63, 3.8) is 0 Å². The SMILES string of the molecule is CC/C(=N/Oc1cc(F)cnc1F)c1ccc(NC(=O)c2cncc(F)c2C)nc1. The smallest absolute Gasteiger partial charge is 0.258 e. The van der Waals surface area contributed by atoms with E-state index in [1.807, 2.05) is 0 Å². The molecule has 154 valence electrons. The number of rotatable bonds is 6. The van der Waals surface area contributed by atoms with Gasteiger partial charge in [0.1, 0.15) is 17.5 Å². The molecule has 10 heteroatoms. The maximum absolute atomic E-state index is 13.6. The van der Waals surface area contributed by atoms with Crippen molar-refractivity contribution < 1.29 is 22.8 Å². The van der Waals surface area contributed by atoms with Crippen LogP contribution in [0.15, 0.2) is 48.1 Å². The molecule has 0 saturated heterocycles. The average Bonchev–Trinajstić information content (AvgIpc) is 2.74. The highest BCUT2D eigenvalue weighted by molar-refractivity contribution is 6.05. The van der Waals surface area contributed by atoms with Crippen LogP contribution in [0.1, 0.15) is 34.8 Å². The van der Waals surface area contributed by atoms with Gasteiger partial charge in [-0.25, -0.2) is 18.7 Å². The number of aromatic nitrogens is 3. The third kappa shape index (κ3) is 4.77. The molecule has 3 aromatic heterocycles. The molecule has 0 aromatic carbocycles. The summed E-state index contributed by atoms with van der Waals surface area (Å²) in [6, 6.07) is 3.97. The zero-order chi connectivity index (χ0) is 21.7. The van der Waals surface area contributed by atoms with Crippen LogP contribution in [0.2, 0.25) is 0 Å². The van der Waals surface area contributed by atoms with Crippen molar-refractivity contribution in [2.75, 3.05) is 5.32 Å². The number of nitrogens with zero attached hydrogens (tertiary/aromatic N) is 4. The fourth-order valence-corrected chi connectivity index (χ4v) is 2.44. The number of halogens is 3. The average molecular weight is 415 g/mol. The van der Waals surface area contributed by atoms with Gasteiger partial charge in [0.15, 0.2) is 0 Å². The lowest BCUT2D eigenvalue weighted by Gasteiger charge is -2.08. The number of oxime groups is 1. The number of carbonyl (C=O) groups excluding carboxylic acids is 1. The van der Waals surface area contributed by atoms with Crippen molar-refractivity contribution in [2.45, 2.75) is 20.3 Å². The Labute approximate surface area is 169 Å². The van der Waals surface area contributed by atoms with E-state index in [0.717, 1.165) is 18.5 Å². The Kier molecular flexibility index (Phi) is 6.35. The van der Waals surface area contributed by atoms with Gasteiger partial charge < -0.3 is 10.2 Å². The molecule has 30 heavy (non-hydrogen) atoms. The van der Waals surface area contributed by atoms with E-state index in [1.165, 1.54) is 25.4 Å². The van der Waals surface area contributed by atoms with Gasteiger partial charge in [-0.2, -0.15) is 4.39 Å². The molecule has 0 spiro atoms. The van der Waals surface area contributed by atoms with Crippen LogP contribution in [0.3, 0.4) is 0 Å². The summed E-state index contributed by atoms with van der Waals surface area (Å²) < 4.78 is 40.3. The summed E-state index contributed by atoms with van der Waals surface area (Å²) in [6.07, 6.45) is 4.86. The van der Waals surface area contributed by atoms with Crippen LogP contribution in [0.4, 0.5) is 19.0 Å². The first kappa shape index (κ1) is 20.9. The van der Waals surface area contributed by atoms with Crippen LogP contribution in [-0.4, -0.2) is 26.6 Å². The van der Waals surface area contributed by atoms with Gasteiger partial charge in [0.05, 0.1) is 23.7 Å². The zero-order valence-electron chi connectivity index (χ0n) is 16.0. The zero-order valence-corrected chi connectivity index (χ0v) is 16.0. The molecule has 0 unspecified atom stereocenters. The number of amides is 1. The van der Waals surface area contributed by atoms with Crippen molar-refractivity contribution in [2.24, 2.45) is 5.16 Å². The molecule has 0 bridgehead atoms. The van der Waals surface area contributed by atoms with Gasteiger partial charge in [0.2, 0.25) is 5.75 Å². The van der Waals surface area contributed by atoms with E-state index in [2.05, 4.69) is 25.4 Å². The van der Waals surface area contributed by atoms with Crippen LogP contribution in [0.5, 0.6) is 5.75 Å². The first-order chi connectivity index (χ1) is 14.4. The van der Waals surface area contributed by atoms with Crippen molar-refractivity contribution in [1.82, 2.24) is 15.0 Å². The number of carbonyl (C=O) groups is 1. The van der Waals surface area contributed by atoms with E-state index in [9.17, 15) is 18.0 Å². The lowest BCUT2D eigenvalue weighted by molar-refractivity contribution is 0.102. The second-order valence-corrected chi connectivity index (χ2v) is 6.11. The van der Waals surface area contributed by atoms with Crippen molar-refractivity contribution in [3.8, 4) is 5.75 Å². The number of hydrogen-bond donors (Lipinski definition) is 1. The van der Waals surface area contributed by atoms with Gasteiger partial charge in [-0.05, 0) is 25.5 Å². The Morgan fingerprint density at radius 3 is 2.63 bits per heavy atom. The van der Waals surface area contributed by atoms with Gasteiger partial charge in [-0.1, -0.05) is 12.1 Å². The highest BCUT2D eigenvalue weighted by atomic mass is 19.1. The summed E-state index contributed by atoms with van der Waals surface area (Å²) >= 11 is 0. The maximum Gasteiger partial charge on any atom is 0.258 e. The highest BCUT2D eigenvalue weighted by Gasteiger charge is 2.14. The Morgan fingerprint density at radius 2 is 1.93 bits per heavy atom. The Bertz CT molecular complexity index is 1100. The lowest BCUT2D eigenvalue weighted by atomic mass is 10.1. The largest absolute Gasteiger partial charge is 0.352 e. The van der Waals surface area contributed by atoms with E-state index in [0.29, 0.717) is 17.7 Å². The summed E-state index contributed by atoms with van der Waals surface area (Å²) in [7, 11) is 0. The number of nitrogens with one attached hydrogen (secondary N) is 1. The van der Waals surface area contributed by atoms with Gasteiger partial charge in [-0.3, -0.25) is 9.78 Å². The third-order valence-corrected chi connectivity index (χ3v) is 4.10. The van der Waals surface area contributed by atoms with Crippen LogP contribution < -0.4 is 10.2 Å². The minimum Gasteiger partial charge on any atom is -0.352 e. The fraction of sp³-hybridized carbons (Fsp3) is 0.150. The number of anilines is 1. The van der Waals surface area contributed by atoms with Gasteiger partial charge >= 0.3 is 0 Å². The van der Waals surface area contributed by atoms with Crippen LogP contribution in [-0.2, 0) is 0 Å². The van der Waals surface area contributed by atoms with Crippen molar-refractivity contribution >= 4 is 17.4 Å². The molecule has 0 saturated carbocycles. The van der Waals surface area contributed by atoms with Crippen LogP contribution >= 0.6 is 0 Å². The molecule has 1 N–H and O–H groups in total. The molecular weight excluding hydrogens is 399 g/mol. The minimum absolute atomic E-state index is 0.0933. The van der Waals surface area contributed by atoms with E-state index in [-0.39, 0.29) is 16.9 Å². The molecule has 0 aliphatic rings. The first-order valence-corrected chi connectivity index (χ1v) is 8.81. The van der Waals surface area contributed by atoms with E-state index >= 15 is 0 Å². The molecule has 0 atom stereocenters. The molecule has 0 radical (unpaired) electrons. The lowest BCUT2D eigenvalue weighted by Crippen LogP contribution is -2.15. The van der Waals surface area contributed by atoms with Gasteiger partial charge in [0.25, 0.3) is 11.9 Å². The molecule has 1 amide bonds. The molecule has 3 heterocycles. The molecule has 0 fully saturated rings. The second kappa shape index (κ2) is 9.12. The predicted molar refractivity (Wildman–Crippen MR) is 103 cm³/mol. The van der Waals surface area contributed by atoms with Crippen molar-refractivity contribution in [3.05, 3.63) is 77.3 Å². The molecule has 3 rings (SSSR count). The summed E-state index contributed by atoms with van der Waals surface area (Å²) in [6.45, 7) is 3.27. The predicted octanol–water partition coefficient (Wildman–Crippen LogP) is 4.04. The van der Waals surface area contributed by atoms with E-state index in [4.69, 9.17) is 4.84 Å². The van der Waals surface area contributed by atoms with E-state index < -0.39 is 29.2 Å². The molecule has 3 aromatic rings. The quantitative estimate of drug-likeness (QED) is 0.373. The topological polar surface area (TPSA) is 89.4 Å². The summed E-state index contributed by atoms with van der Waals surface area (Å²) in [4.78, 5) is 28.3. The number of hydrogen-bond acceptors (Lipinski definition) is 6. The number of pyridine rings is 3. The van der Waals surface area contributed by atoms with E-state index in [1.54, 1.807) is 13.0 Å². The molecule has 7 nitrogen and oxygen atoms in total. The summed E-state index contributed by atoms with van der Waals surface area (Å²) in [5.74, 6) is -3.11. The maximum atomic E-state index is 13.6. The minimum atomic E-state index is -0.992. The Balaban J connectivity index is 1.74. The Hall–Kier alpha value is -3.82. The summed E-state index contributed by atoms with van der Waals surface area (Å²) in [5, 5.41) is 6.39. The monoisotopic (exact) mass is 415 g/mol. The van der Waals surface area contributed by atoms with Gasteiger partial charge in [0, 0.05) is 29.6 Å². The summed E-state index contributed by atoms with van der Waals surface area (Å²) in [5.41, 5.74) is 1.23. The Morgan fingerprint density at radius 1 is 1.13 bits per heavy atom. The van der Waals surface area contributed by atoms with Crippen molar-refractivity contribution in [1.29, 1.82) is 0 Å². The fourth-order valence-electron chi connectivity index (χ4n) is 2.44. The molecular formula is C20H16F3N5O2. The third-order valence-electron chi connectivity index (χ3n) is 4.10. The first-order valence-electron chi connectivity index (χ1n) is 8.81. The standard InChI is InChI=1S/C20H16F3N5O2/c1-3-16(28-30-17-6-13(21)8-26-19(17)23)12-4-5-18(25-7-12)27-20(29)14-9-24-10-15(22)11(14)2/h4-10H,3H2,1-2H3,(H,25,27,29)/b28-16-. The highest BCUT2D eigenvalue weighted by Crippen LogP contribution is 2.17. The second-order valence-electron chi connectivity index (χ2n) is 6.11. The van der Waals surface area contributed by atoms with Crippen LogP contribution in [0, 0.1) is 24.5 Å². The normalized spacial score (nSPS) is 11.3. The molecule has 0 aliphatic carbocycles. The molecule has 0 aliphatic heterocycles.